The first-order chi connectivity index (χ1) is 11.2. The van der Waals surface area contributed by atoms with Crippen molar-refractivity contribution in [1.29, 1.82) is 0 Å². The van der Waals surface area contributed by atoms with Crippen molar-refractivity contribution >= 4 is 17.9 Å². The van der Waals surface area contributed by atoms with E-state index in [0.29, 0.717) is 11.6 Å². The Morgan fingerprint density at radius 3 is 2.87 bits per heavy atom. The molecule has 1 amide bonds. The van der Waals surface area contributed by atoms with Crippen LogP contribution in [0.5, 0.6) is 0 Å². The van der Waals surface area contributed by atoms with E-state index in [1.165, 1.54) is 23.9 Å². The molecule has 1 saturated carbocycles. The third kappa shape index (κ3) is 3.20. The normalized spacial score (nSPS) is 16.0. The van der Waals surface area contributed by atoms with E-state index in [-0.39, 0.29) is 17.3 Å². The zero-order valence-electron chi connectivity index (χ0n) is 12.8. The SMILES string of the molecule is Cc1c(C(=O)NN=CC2CCCCC2)nnn1-c1nonc1N. The largest absolute Gasteiger partial charge is 0.378 e. The van der Waals surface area contributed by atoms with Gasteiger partial charge in [0, 0.05) is 6.21 Å². The average Bonchev–Trinajstić information content (AvgIpc) is 3.14. The van der Waals surface area contributed by atoms with Crippen molar-refractivity contribution in [3.63, 3.8) is 0 Å². The molecule has 0 bridgehead atoms. The van der Waals surface area contributed by atoms with Crippen LogP contribution in [0, 0.1) is 12.8 Å². The molecular weight excluding hydrogens is 300 g/mol. The Bertz CT molecular complexity index is 713. The quantitative estimate of drug-likeness (QED) is 0.629. The number of aromatic nitrogens is 5. The lowest BCUT2D eigenvalue weighted by molar-refractivity contribution is 0.0949. The average molecular weight is 318 g/mol. The maximum absolute atomic E-state index is 12.1. The Labute approximate surface area is 132 Å². The number of hydrogen-bond donors (Lipinski definition) is 2. The number of hydrazone groups is 1. The first-order valence-corrected chi connectivity index (χ1v) is 7.51. The minimum absolute atomic E-state index is 0.0697. The molecule has 0 aliphatic heterocycles. The number of nitrogens with zero attached hydrogens (tertiary/aromatic N) is 6. The van der Waals surface area contributed by atoms with Crippen LogP contribution in [0.25, 0.3) is 5.82 Å². The highest BCUT2D eigenvalue weighted by Gasteiger charge is 2.20. The molecule has 0 unspecified atom stereocenters. The van der Waals surface area contributed by atoms with Gasteiger partial charge in [0.05, 0.1) is 5.69 Å². The van der Waals surface area contributed by atoms with E-state index >= 15 is 0 Å². The standard InChI is InChI=1S/C13H18N8O2/c1-8-10(16-20-21(8)12-11(14)18-23-19-12)13(22)17-15-7-9-5-3-2-4-6-9/h7,9H,2-6H2,1H3,(H2,14,18)(H,17,22). The minimum atomic E-state index is -0.434. The number of nitrogen functional groups attached to an aromatic ring is 1. The molecule has 10 heteroatoms. The fraction of sp³-hybridized carbons (Fsp3) is 0.538. The van der Waals surface area contributed by atoms with Gasteiger partial charge < -0.3 is 5.73 Å². The summed E-state index contributed by atoms with van der Waals surface area (Å²) in [6.07, 6.45) is 7.74. The van der Waals surface area contributed by atoms with Gasteiger partial charge in [0.25, 0.3) is 5.91 Å². The number of carbonyl (C=O) groups is 1. The van der Waals surface area contributed by atoms with E-state index in [4.69, 9.17) is 5.73 Å². The third-order valence-corrected chi connectivity index (χ3v) is 3.91. The second-order valence-corrected chi connectivity index (χ2v) is 5.53. The highest BCUT2D eigenvalue weighted by atomic mass is 16.6. The van der Waals surface area contributed by atoms with Crippen molar-refractivity contribution < 1.29 is 9.42 Å². The van der Waals surface area contributed by atoms with Crippen LogP contribution in [0.2, 0.25) is 0 Å². The Morgan fingerprint density at radius 1 is 1.39 bits per heavy atom. The molecule has 10 nitrogen and oxygen atoms in total. The third-order valence-electron chi connectivity index (χ3n) is 3.91. The second-order valence-electron chi connectivity index (χ2n) is 5.53. The van der Waals surface area contributed by atoms with Gasteiger partial charge in [0.1, 0.15) is 0 Å². The molecule has 1 fully saturated rings. The summed E-state index contributed by atoms with van der Waals surface area (Å²) in [6, 6.07) is 0. The minimum Gasteiger partial charge on any atom is -0.378 e. The molecule has 2 heterocycles. The first-order valence-electron chi connectivity index (χ1n) is 7.51. The summed E-state index contributed by atoms with van der Waals surface area (Å²) in [7, 11) is 0. The fourth-order valence-corrected chi connectivity index (χ4v) is 2.62. The smallest absolute Gasteiger partial charge is 0.293 e. The summed E-state index contributed by atoms with van der Waals surface area (Å²) in [6.45, 7) is 1.67. The van der Waals surface area contributed by atoms with Gasteiger partial charge in [-0.25, -0.2) is 10.1 Å². The molecule has 1 aliphatic carbocycles. The lowest BCUT2D eigenvalue weighted by Crippen LogP contribution is -2.20. The van der Waals surface area contributed by atoms with Crippen LogP contribution in [0.1, 0.15) is 48.3 Å². The van der Waals surface area contributed by atoms with Gasteiger partial charge in [-0.15, -0.1) is 5.10 Å². The van der Waals surface area contributed by atoms with Crippen LogP contribution in [0.4, 0.5) is 5.82 Å². The van der Waals surface area contributed by atoms with Gasteiger partial charge in [-0.2, -0.15) is 9.78 Å². The van der Waals surface area contributed by atoms with Gasteiger partial charge in [-0.05, 0) is 36.0 Å². The molecule has 0 saturated heterocycles. The van der Waals surface area contributed by atoms with E-state index in [2.05, 4.69) is 35.8 Å². The van der Waals surface area contributed by atoms with Crippen LogP contribution in [-0.4, -0.2) is 37.4 Å². The number of anilines is 1. The van der Waals surface area contributed by atoms with Gasteiger partial charge in [-0.3, -0.25) is 4.79 Å². The van der Waals surface area contributed by atoms with Crippen LogP contribution in [0.15, 0.2) is 9.73 Å². The molecule has 0 radical (unpaired) electrons. The molecular formula is C13H18N8O2. The molecule has 2 aromatic rings. The fourth-order valence-electron chi connectivity index (χ4n) is 2.62. The maximum atomic E-state index is 12.1. The van der Waals surface area contributed by atoms with E-state index < -0.39 is 5.91 Å². The van der Waals surface area contributed by atoms with Crippen LogP contribution in [0.3, 0.4) is 0 Å². The topological polar surface area (TPSA) is 137 Å². The van der Waals surface area contributed by atoms with Crippen molar-refractivity contribution in [3.8, 4) is 5.82 Å². The maximum Gasteiger partial charge on any atom is 0.293 e. The number of hydrogen-bond acceptors (Lipinski definition) is 8. The van der Waals surface area contributed by atoms with Crippen molar-refractivity contribution in [2.45, 2.75) is 39.0 Å². The summed E-state index contributed by atoms with van der Waals surface area (Å²) < 4.78 is 5.82. The molecule has 23 heavy (non-hydrogen) atoms. The summed E-state index contributed by atoms with van der Waals surface area (Å²) in [5.41, 5.74) is 8.71. The van der Waals surface area contributed by atoms with Gasteiger partial charge in [0.15, 0.2) is 5.69 Å². The van der Waals surface area contributed by atoms with Crippen molar-refractivity contribution in [3.05, 3.63) is 11.4 Å². The summed E-state index contributed by atoms with van der Waals surface area (Å²) in [5.74, 6) is 0.262. The molecule has 1 aliphatic rings. The Morgan fingerprint density at radius 2 is 2.17 bits per heavy atom. The van der Waals surface area contributed by atoms with Crippen molar-refractivity contribution in [2.24, 2.45) is 11.0 Å². The second kappa shape index (κ2) is 6.55. The zero-order valence-corrected chi connectivity index (χ0v) is 12.8. The Kier molecular flexibility index (Phi) is 4.31. The van der Waals surface area contributed by atoms with Gasteiger partial charge in [0.2, 0.25) is 11.6 Å². The molecule has 122 valence electrons. The summed E-state index contributed by atoms with van der Waals surface area (Å²) in [4.78, 5) is 12.1. The number of carbonyl (C=O) groups excluding carboxylic acids is 1. The van der Waals surface area contributed by atoms with E-state index in [9.17, 15) is 4.79 Å². The predicted octanol–water partition coefficient (Wildman–Crippen LogP) is 0.837. The molecule has 3 rings (SSSR count). The van der Waals surface area contributed by atoms with Crippen LogP contribution in [-0.2, 0) is 0 Å². The number of nitrogens with one attached hydrogen (secondary N) is 1. The van der Waals surface area contributed by atoms with Gasteiger partial charge >= 0.3 is 0 Å². The van der Waals surface area contributed by atoms with Crippen LogP contribution < -0.4 is 11.2 Å². The highest BCUT2D eigenvalue weighted by Crippen LogP contribution is 2.21. The molecule has 2 aromatic heterocycles. The Balaban J connectivity index is 1.67. The molecule has 0 atom stereocenters. The number of nitrogens with two attached hydrogens (primary N) is 1. The number of rotatable bonds is 4. The highest BCUT2D eigenvalue weighted by molar-refractivity contribution is 5.93. The summed E-state index contributed by atoms with van der Waals surface area (Å²) in [5, 5.41) is 18.8. The Hall–Kier alpha value is -2.78. The molecule has 3 N–H and O–H groups in total. The summed E-state index contributed by atoms with van der Waals surface area (Å²) >= 11 is 0. The molecule has 0 spiro atoms. The lowest BCUT2D eigenvalue weighted by atomic mass is 9.90. The van der Waals surface area contributed by atoms with Gasteiger partial charge in [-0.1, -0.05) is 24.5 Å². The zero-order chi connectivity index (χ0) is 16.2. The van der Waals surface area contributed by atoms with E-state index in [1.807, 2.05) is 0 Å². The lowest BCUT2D eigenvalue weighted by Gasteiger charge is -2.16. The van der Waals surface area contributed by atoms with Crippen molar-refractivity contribution in [2.75, 3.05) is 5.73 Å². The first kappa shape index (κ1) is 15.1. The molecule has 0 aromatic carbocycles. The van der Waals surface area contributed by atoms with Crippen molar-refractivity contribution in [1.82, 2.24) is 30.7 Å². The van der Waals surface area contributed by atoms with Crippen LogP contribution >= 0.6 is 0 Å². The van der Waals surface area contributed by atoms with E-state index in [1.54, 1.807) is 13.1 Å². The van der Waals surface area contributed by atoms with E-state index in [0.717, 1.165) is 12.8 Å². The predicted molar refractivity (Wildman–Crippen MR) is 80.9 cm³/mol. The monoisotopic (exact) mass is 318 g/mol. The number of amides is 1.